The SMILES string of the molecule is OCCCn1cc(CN2CCCC2c2cccc(Nc3ccccn3)n2)c2ccccc21. The number of pyridine rings is 2. The summed E-state index contributed by atoms with van der Waals surface area (Å²) in [5, 5.41) is 13.9. The summed E-state index contributed by atoms with van der Waals surface area (Å²) in [6.07, 6.45) is 7.10. The number of nitrogens with one attached hydrogen (secondary N) is 1. The summed E-state index contributed by atoms with van der Waals surface area (Å²) in [5.74, 6) is 1.63. The second kappa shape index (κ2) is 9.51. The van der Waals surface area contributed by atoms with E-state index in [-0.39, 0.29) is 6.61 Å². The van der Waals surface area contributed by atoms with Crippen LogP contribution in [0.4, 0.5) is 11.6 Å². The summed E-state index contributed by atoms with van der Waals surface area (Å²) in [6.45, 7) is 3.02. The number of aliphatic hydroxyl groups excluding tert-OH is 1. The summed E-state index contributed by atoms with van der Waals surface area (Å²) in [7, 11) is 0. The van der Waals surface area contributed by atoms with Gasteiger partial charge in [0.15, 0.2) is 0 Å². The smallest absolute Gasteiger partial charge is 0.131 e. The van der Waals surface area contributed by atoms with E-state index in [4.69, 9.17) is 4.98 Å². The van der Waals surface area contributed by atoms with Crippen LogP contribution in [0.2, 0.25) is 0 Å². The fraction of sp³-hybridized carbons (Fsp3) is 0.308. The van der Waals surface area contributed by atoms with E-state index < -0.39 is 0 Å². The molecule has 0 saturated carbocycles. The van der Waals surface area contributed by atoms with Crippen LogP contribution in [0.5, 0.6) is 0 Å². The van der Waals surface area contributed by atoms with E-state index in [1.54, 1.807) is 6.20 Å². The van der Waals surface area contributed by atoms with Gasteiger partial charge in [-0.05, 0) is 61.7 Å². The zero-order valence-electron chi connectivity index (χ0n) is 18.2. The number of aromatic nitrogens is 3. The van der Waals surface area contributed by atoms with Crippen LogP contribution in [0.25, 0.3) is 10.9 Å². The summed E-state index contributed by atoms with van der Waals surface area (Å²) in [6, 6.07) is 20.9. The maximum atomic E-state index is 9.27. The molecule has 0 radical (unpaired) electrons. The third-order valence-electron chi connectivity index (χ3n) is 6.20. The Kier molecular flexibility index (Phi) is 6.14. The Morgan fingerprint density at radius 2 is 1.88 bits per heavy atom. The summed E-state index contributed by atoms with van der Waals surface area (Å²) in [5.41, 5.74) is 3.69. The lowest BCUT2D eigenvalue weighted by molar-refractivity contribution is 0.245. The molecule has 5 rings (SSSR count). The van der Waals surface area contributed by atoms with Crippen LogP contribution in [0.1, 0.15) is 36.6 Å². The van der Waals surface area contributed by atoms with Crippen molar-refractivity contribution in [2.24, 2.45) is 0 Å². The van der Waals surface area contributed by atoms with E-state index in [1.807, 2.05) is 24.3 Å². The molecule has 0 bridgehead atoms. The maximum absolute atomic E-state index is 9.27. The molecule has 1 unspecified atom stereocenters. The molecular formula is C26H29N5O. The van der Waals surface area contributed by atoms with Crippen molar-refractivity contribution in [1.29, 1.82) is 0 Å². The van der Waals surface area contributed by atoms with Gasteiger partial charge in [-0.25, -0.2) is 9.97 Å². The summed E-state index contributed by atoms with van der Waals surface area (Å²) < 4.78 is 2.28. The van der Waals surface area contributed by atoms with Gasteiger partial charge in [0.25, 0.3) is 0 Å². The Hall–Kier alpha value is -3.22. The lowest BCUT2D eigenvalue weighted by atomic mass is 10.1. The normalized spacial score (nSPS) is 16.6. The quantitative estimate of drug-likeness (QED) is 0.419. The molecule has 4 aromatic rings. The topological polar surface area (TPSA) is 66.2 Å². The van der Waals surface area contributed by atoms with Crippen LogP contribution >= 0.6 is 0 Å². The molecule has 2 N–H and O–H groups in total. The Balaban J connectivity index is 1.37. The van der Waals surface area contributed by atoms with Gasteiger partial charge in [-0.1, -0.05) is 30.3 Å². The van der Waals surface area contributed by atoms with E-state index in [2.05, 4.69) is 62.4 Å². The number of para-hydroxylation sites is 1. The third kappa shape index (κ3) is 4.38. The molecule has 0 amide bonds. The number of nitrogens with zero attached hydrogens (tertiary/aromatic N) is 4. The predicted octanol–water partition coefficient (Wildman–Crippen LogP) is 4.89. The number of fused-ring (bicyclic) bond motifs is 1. The van der Waals surface area contributed by atoms with Gasteiger partial charge in [-0.3, -0.25) is 4.90 Å². The second-order valence-electron chi connectivity index (χ2n) is 8.36. The number of hydrogen-bond donors (Lipinski definition) is 2. The highest BCUT2D eigenvalue weighted by Gasteiger charge is 2.28. The molecule has 164 valence electrons. The largest absolute Gasteiger partial charge is 0.396 e. The van der Waals surface area contributed by atoms with E-state index >= 15 is 0 Å². The van der Waals surface area contributed by atoms with E-state index in [0.717, 1.165) is 49.8 Å². The lowest BCUT2D eigenvalue weighted by Crippen LogP contribution is -2.23. The van der Waals surface area contributed by atoms with Gasteiger partial charge in [-0.2, -0.15) is 0 Å². The van der Waals surface area contributed by atoms with Crippen LogP contribution in [0.15, 0.2) is 73.1 Å². The minimum Gasteiger partial charge on any atom is -0.396 e. The van der Waals surface area contributed by atoms with E-state index in [1.165, 1.54) is 22.9 Å². The number of rotatable bonds is 8. The fourth-order valence-corrected chi connectivity index (χ4v) is 4.72. The standard InChI is InChI=1S/C26H29N5O/c32-17-7-16-30-18-20(21-8-1-2-10-23(21)30)19-31-15-6-11-24(31)22-9-5-13-26(28-22)29-25-12-3-4-14-27-25/h1-5,8-10,12-14,18,24,32H,6-7,11,15-17,19H2,(H,27,28,29). The van der Waals surface area contributed by atoms with Crippen LogP contribution < -0.4 is 5.32 Å². The Morgan fingerprint density at radius 1 is 1.00 bits per heavy atom. The number of aryl methyl sites for hydroxylation is 1. The van der Waals surface area contributed by atoms with Crippen molar-refractivity contribution in [2.45, 2.75) is 38.4 Å². The Bertz CT molecular complexity index is 1170. The lowest BCUT2D eigenvalue weighted by Gasteiger charge is -2.24. The number of likely N-dealkylation sites (tertiary alicyclic amines) is 1. The molecule has 0 aliphatic carbocycles. The molecular weight excluding hydrogens is 398 g/mol. The van der Waals surface area contributed by atoms with Crippen molar-refractivity contribution >= 4 is 22.5 Å². The van der Waals surface area contributed by atoms with Gasteiger partial charge in [0.2, 0.25) is 0 Å². The number of benzene rings is 1. The molecule has 0 spiro atoms. The van der Waals surface area contributed by atoms with Crippen molar-refractivity contribution in [3.63, 3.8) is 0 Å². The van der Waals surface area contributed by atoms with Crippen molar-refractivity contribution < 1.29 is 5.11 Å². The van der Waals surface area contributed by atoms with Crippen molar-refractivity contribution in [1.82, 2.24) is 19.4 Å². The highest BCUT2D eigenvalue weighted by Crippen LogP contribution is 2.34. The van der Waals surface area contributed by atoms with Crippen molar-refractivity contribution in [3.8, 4) is 0 Å². The number of hydrogen-bond acceptors (Lipinski definition) is 5. The monoisotopic (exact) mass is 427 g/mol. The van der Waals surface area contributed by atoms with Gasteiger partial charge < -0.3 is 15.0 Å². The summed E-state index contributed by atoms with van der Waals surface area (Å²) >= 11 is 0. The van der Waals surface area contributed by atoms with E-state index in [0.29, 0.717) is 6.04 Å². The third-order valence-corrected chi connectivity index (χ3v) is 6.20. The van der Waals surface area contributed by atoms with Crippen molar-refractivity contribution in [2.75, 3.05) is 18.5 Å². The molecule has 1 aliphatic rings. The molecule has 4 heterocycles. The first-order valence-electron chi connectivity index (χ1n) is 11.4. The zero-order chi connectivity index (χ0) is 21.8. The molecule has 1 aliphatic heterocycles. The second-order valence-corrected chi connectivity index (χ2v) is 8.36. The summed E-state index contributed by atoms with van der Waals surface area (Å²) in [4.78, 5) is 11.8. The molecule has 1 atom stereocenters. The van der Waals surface area contributed by atoms with Crippen molar-refractivity contribution in [3.05, 3.63) is 84.3 Å². The first-order valence-corrected chi connectivity index (χ1v) is 11.4. The molecule has 32 heavy (non-hydrogen) atoms. The van der Waals surface area contributed by atoms with Gasteiger partial charge in [0.1, 0.15) is 11.6 Å². The molecule has 6 heteroatoms. The number of aliphatic hydroxyl groups is 1. The maximum Gasteiger partial charge on any atom is 0.131 e. The van der Waals surface area contributed by atoms with Crippen LogP contribution in [0, 0.1) is 0 Å². The van der Waals surface area contributed by atoms with E-state index in [9.17, 15) is 5.11 Å². The Labute approximate surface area is 188 Å². The minimum atomic E-state index is 0.213. The minimum absolute atomic E-state index is 0.213. The van der Waals surface area contributed by atoms with Crippen LogP contribution in [0.3, 0.4) is 0 Å². The van der Waals surface area contributed by atoms with Gasteiger partial charge in [0, 0.05) is 43.0 Å². The average molecular weight is 428 g/mol. The Morgan fingerprint density at radius 3 is 2.75 bits per heavy atom. The number of anilines is 2. The molecule has 3 aromatic heterocycles. The molecule has 1 aromatic carbocycles. The predicted molar refractivity (Wildman–Crippen MR) is 128 cm³/mol. The van der Waals surface area contributed by atoms with Gasteiger partial charge >= 0.3 is 0 Å². The van der Waals surface area contributed by atoms with Crippen LogP contribution in [-0.4, -0.2) is 37.7 Å². The average Bonchev–Trinajstić information content (AvgIpc) is 3.44. The zero-order valence-corrected chi connectivity index (χ0v) is 18.2. The molecule has 1 fully saturated rings. The van der Waals surface area contributed by atoms with Gasteiger partial charge in [-0.15, -0.1) is 0 Å². The first kappa shape index (κ1) is 20.7. The molecule has 1 saturated heterocycles. The molecule has 6 nitrogen and oxygen atoms in total. The van der Waals surface area contributed by atoms with Gasteiger partial charge in [0.05, 0.1) is 11.7 Å². The highest BCUT2D eigenvalue weighted by molar-refractivity contribution is 5.84. The fourth-order valence-electron chi connectivity index (χ4n) is 4.72. The highest BCUT2D eigenvalue weighted by atomic mass is 16.3. The van der Waals surface area contributed by atoms with Crippen LogP contribution in [-0.2, 0) is 13.1 Å². The first-order chi connectivity index (χ1) is 15.8.